The second-order valence-corrected chi connectivity index (χ2v) is 5.93. The predicted molar refractivity (Wildman–Crippen MR) is 85.5 cm³/mol. The highest BCUT2D eigenvalue weighted by Crippen LogP contribution is 2.18. The van der Waals surface area contributed by atoms with Crippen molar-refractivity contribution in [2.24, 2.45) is 14.1 Å². The van der Waals surface area contributed by atoms with Crippen molar-refractivity contribution in [3.63, 3.8) is 0 Å². The van der Waals surface area contributed by atoms with E-state index >= 15 is 0 Å². The van der Waals surface area contributed by atoms with Gasteiger partial charge in [-0.25, -0.2) is 4.79 Å². The number of nitrogens with one attached hydrogen (secondary N) is 2. The Bertz CT molecular complexity index is 877. The summed E-state index contributed by atoms with van der Waals surface area (Å²) in [6, 6.07) is 0.0688. The van der Waals surface area contributed by atoms with Crippen molar-refractivity contribution in [1.82, 2.24) is 24.0 Å². The van der Waals surface area contributed by atoms with Crippen molar-refractivity contribution in [3.05, 3.63) is 20.8 Å². The van der Waals surface area contributed by atoms with Crippen molar-refractivity contribution in [2.45, 2.75) is 25.8 Å². The van der Waals surface area contributed by atoms with Crippen LogP contribution >= 0.6 is 0 Å². The molecule has 1 aliphatic rings. The number of rotatable bonds is 2. The van der Waals surface area contributed by atoms with Gasteiger partial charge in [-0.1, -0.05) is 0 Å². The Morgan fingerprint density at radius 1 is 1.30 bits per heavy atom. The molecule has 1 fully saturated rings. The summed E-state index contributed by atoms with van der Waals surface area (Å²) in [5.41, 5.74) is -0.274. The third kappa shape index (κ3) is 2.62. The number of aromatic amines is 1. The molecule has 3 rings (SSSR count). The smallest absolute Gasteiger partial charge is 0.329 e. The molecule has 1 aliphatic heterocycles. The second-order valence-electron chi connectivity index (χ2n) is 5.93. The van der Waals surface area contributed by atoms with Gasteiger partial charge in [-0.15, -0.1) is 0 Å². The Morgan fingerprint density at radius 2 is 2.04 bits per heavy atom. The van der Waals surface area contributed by atoms with Crippen LogP contribution in [0.1, 0.15) is 19.8 Å². The van der Waals surface area contributed by atoms with Gasteiger partial charge in [-0.3, -0.25) is 19.1 Å². The van der Waals surface area contributed by atoms with E-state index in [0.717, 1.165) is 19.4 Å². The molecule has 2 aromatic rings. The van der Waals surface area contributed by atoms with E-state index in [0.29, 0.717) is 23.7 Å². The van der Waals surface area contributed by atoms with Gasteiger partial charge in [0.05, 0.1) is 0 Å². The Labute approximate surface area is 131 Å². The van der Waals surface area contributed by atoms with Gasteiger partial charge in [0.2, 0.25) is 11.9 Å². The third-order valence-corrected chi connectivity index (χ3v) is 4.33. The van der Waals surface area contributed by atoms with E-state index in [-0.39, 0.29) is 11.9 Å². The number of hydrogen-bond acceptors (Lipinski definition) is 5. The summed E-state index contributed by atoms with van der Waals surface area (Å²) >= 11 is 0. The van der Waals surface area contributed by atoms with Crippen LogP contribution in [-0.4, -0.2) is 49.0 Å². The summed E-state index contributed by atoms with van der Waals surface area (Å²) in [6.45, 7) is 2.94. The molecule has 0 aromatic carbocycles. The first-order valence-corrected chi connectivity index (χ1v) is 7.56. The average molecular weight is 320 g/mol. The Hall–Kier alpha value is -2.58. The molecule has 3 heterocycles. The number of imidazole rings is 1. The van der Waals surface area contributed by atoms with Crippen LogP contribution in [0, 0.1) is 0 Å². The molecule has 2 aromatic heterocycles. The van der Waals surface area contributed by atoms with E-state index in [9.17, 15) is 14.4 Å². The summed E-state index contributed by atoms with van der Waals surface area (Å²) in [5, 5.41) is 3.29. The second kappa shape index (κ2) is 5.56. The maximum absolute atomic E-state index is 12.0. The number of H-pyrrole nitrogens is 1. The predicted octanol–water partition coefficient (Wildman–Crippen LogP) is -0.617. The minimum Gasteiger partial charge on any atom is -0.351 e. The van der Waals surface area contributed by atoms with Gasteiger partial charge in [-0.05, 0) is 12.8 Å². The van der Waals surface area contributed by atoms with Crippen molar-refractivity contribution >= 4 is 23.0 Å². The number of amides is 1. The molecular formula is C14H20N6O3. The van der Waals surface area contributed by atoms with E-state index in [1.165, 1.54) is 4.57 Å². The molecule has 2 N–H and O–H groups in total. The minimum absolute atomic E-state index is 0.0559. The number of anilines is 1. The maximum Gasteiger partial charge on any atom is 0.329 e. The molecule has 0 spiro atoms. The van der Waals surface area contributed by atoms with Gasteiger partial charge in [0, 0.05) is 40.2 Å². The number of fused-ring (bicyclic) bond motifs is 1. The lowest BCUT2D eigenvalue weighted by atomic mass is 10.1. The number of carbonyl (C=O) groups excluding carboxylic acids is 1. The summed E-state index contributed by atoms with van der Waals surface area (Å²) in [7, 11) is 3.29. The van der Waals surface area contributed by atoms with Crippen molar-refractivity contribution < 1.29 is 4.79 Å². The van der Waals surface area contributed by atoms with Crippen molar-refractivity contribution in [2.75, 3.05) is 18.4 Å². The number of aryl methyl sites for hydroxylation is 2. The van der Waals surface area contributed by atoms with E-state index in [1.807, 2.05) is 0 Å². The molecular weight excluding hydrogens is 300 g/mol. The van der Waals surface area contributed by atoms with Crippen LogP contribution in [0.2, 0.25) is 0 Å². The van der Waals surface area contributed by atoms with Gasteiger partial charge in [0.1, 0.15) is 0 Å². The van der Waals surface area contributed by atoms with Crippen LogP contribution in [0.25, 0.3) is 11.2 Å². The standard InChI is InChI=1S/C14H20N6O3/c1-8(21)20-6-4-5-9(7-20)15-13-16-11-10(18(13)2)12(22)17-14(23)19(11)3/h9H,4-7H2,1-3H3,(H,15,16)(H,17,22,23). The lowest BCUT2D eigenvalue weighted by Gasteiger charge is -2.32. The number of nitrogens with zero attached hydrogens (tertiary/aromatic N) is 4. The summed E-state index contributed by atoms with van der Waals surface area (Å²) in [6.07, 6.45) is 1.84. The summed E-state index contributed by atoms with van der Waals surface area (Å²) < 4.78 is 2.95. The molecule has 1 saturated heterocycles. The first-order chi connectivity index (χ1) is 10.9. The quantitative estimate of drug-likeness (QED) is 0.767. The van der Waals surface area contributed by atoms with Crippen LogP contribution in [0.15, 0.2) is 9.59 Å². The molecule has 9 nitrogen and oxygen atoms in total. The fourth-order valence-corrected chi connectivity index (χ4v) is 3.00. The molecule has 1 unspecified atom stereocenters. The third-order valence-electron chi connectivity index (χ3n) is 4.33. The normalized spacial score (nSPS) is 18.4. The molecule has 0 radical (unpaired) electrons. The van der Waals surface area contributed by atoms with Gasteiger partial charge < -0.3 is 14.8 Å². The Kier molecular flexibility index (Phi) is 3.70. The number of aromatic nitrogens is 4. The number of hydrogen-bond donors (Lipinski definition) is 2. The zero-order valence-corrected chi connectivity index (χ0v) is 13.4. The summed E-state index contributed by atoms with van der Waals surface area (Å²) in [5.74, 6) is 0.572. The van der Waals surface area contributed by atoms with Crippen LogP contribution in [0.3, 0.4) is 0 Å². The molecule has 0 aliphatic carbocycles. The lowest BCUT2D eigenvalue weighted by Crippen LogP contribution is -2.44. The number of carbonyl (C=O) groups is 1. The average Bonchev–Trinajstić information content (AvgIpc) is 2.83. The Balaban J connectivity index is 1.95. The number of piperidine rings is 1. The van der Waals surface area contributed by atoms with Crippen LogP contribution in [-0.2, 0) is 18.9 Å². The fourth-order valence-electron chi connectivity index (χ4n) is 3.00. The highest BCUT2D eigenvalue weighted by molar-refractivity contribution is 5.74. The molecule has 1 atom stereocenters. The fraction of sp³-hybridized carbons (Fsp3) is 0.571. The topological polar surface area (TPSA) is 105 Å². The summed E-state index contributed by atoms with van der Waals surface area (Å²) in [4.78, 5) is 43.7. The first-order valence-electron chi connectivity index (χ1n) is 7.56. The van der Waals surface area contributed by atoms with Gasteiger partial charge in [-0.2, -0.15) is 4.98 Å². The van der Waals surface area contributed by atoms with Crippen molar-refractivity contribution in [1.29, 1.82) is 0 Å². The molecule has 23 heavy (non-hydrogen) atoms. The Morgan fingerprint density at radius 3 is 2.74 bits per heavy atom. The van der Waals surface area contributed by atoms with Gasteiger partial charge in [0.15, 0.2) is 11.2 Å². The number of likely N-dealkylation sites (tertiary alicyclic amines) is 1. The van der Waals surface area contributed by atoms with Gasteiger partial charge >= 0.3 is 5.69 Å². The first kappa shape index (κ1) is 15.3. The van der Waals surface area contributed by atoms with Crippen molar-refractivity contribution in [3.8, 4) is 0 Å². The molecule has 124 valence electrons. The zero-order chi connectivity index (χ0) is 16.7. The highest BCUT2D eigenvalue weighted by atomic mass is 16.2. The van der Waals surface area contributed by atoms with E-state index in [1.54, 1.807) is 30.5 Å². The minimum atomic E-state index is -0.493. The molecule has 1 amide bonds. The van der Waals surface area contributed by atoms with E-state index in [4.69, 9.17) is 0 Å². The molecule has 9 heteroatoms. The van der Waals surface area contributed by atoms with Crippen LogP contribution in [0.5, 0.6) is 0 Å². The van der Waals surface area contributed by atoms with Crippen LogP contribution < -0.4 is 16.6 Å². The van der Waals surface area contributed by atoms with Crippen LogP contribution in [0.4, 0.5) is 5.95 Å². The SMILES string of the molecule is CC(=O)N1CCCC(Nc2nc3c(c(=O)[nH]c(=O)n3C)n2C)C1. The largest absolute Gasteiger partial charge is 0.351 e. The molecule has 0 saturated carbocycles. The lowest BCUT2D eigenvalue weighted by molar-refractivity contribution is -0.129. The van der Waals surface area contributed by atoms with Gasteiger partial charge in [0.25, 0.3) is 5.56 Å². The molecule has 0 bridgehead atoms. The van der Waals surface area contributed by atoms with E-state index < -0.39 is 11.2 Å². The highest BCUT2D eigenvalue weighted by Gasteiger charge is 2.23. The zero-order valence-electron chi connectivity index (χ0n) is 13.4. The van der Waals surface area contributed by atoms with E-state index in [2.05, 4.69) is 15.3 Å². The monoisotopic (exact) mass is 320 g/mol. The maximum atomic E-state index is 12.0.